The largest absolute Gasteiger partial charge is 0.328 e. The highest BCUT2D eigenvalue weighted by atomic mass is 14.6. The maximum Gasteiger partial charge on any atom is 0.0217 e. The summed E-state index contributed by atoms with van der Waals surface area (Å²) in [6, 6.07) is 0.406. The molecule has 0 aromatic rings. The van der Waals surface area contributed by atoms with E-state index in [1.165, 1.54) is 44.9 Å². The van der Waals surface area contributed by atoms with Gasteiger partial charge >= 0.3 is 0 Å². The number of nitrogens with two attached hydrogens (primary N) is 1. The van der Waals surface area contributed by atoms with E-state index in [1.54, 1.807) is 0 Å². The summed E-state index contributed by atoms with van der Waals surface area (Å²) in [6.07, 6.45) is 9.94. The van der Waals surface area contributed by atoms with E-state index in [-0.39, 0.29) is 0 Å². The maximum absolute atomic E-state index is 5.98. The Morgan fingerprint density at radius 3 is 2.75 bits per heavy atom. The van der Waals surface area contributed by atoms with Crippen molar-refractivity contribution in [3.05, 3.63) is 0 Å². The third-order valence-electron chi connectivity index (χ3n) is 3.61. The molecule has 0 saturated heterocycles. The van der Waals surface area contributed by atoms with Crippen molar-refractivity contribution in [3.8, 4) is 11.8 Å². The van der Waals surface area contributed by atoms with Crippen molar-refractivity contribution in [3.63, 3.8) is 0 Å². The van der Waals surface area contributed by atoms with Gasteiger partial charge < -0.3 is 5.73 Å². The van der Waals surface area contributed by atoms with Crippen LogP contribution in [0.15, 0.2) is 0 Å². The minimum absolute atomic E-state index is 0.406. The van der Waals surface area contributed by atoms with Crippen LogP contribution < -0.4 is 5.73 Å². The first-order valence-electron chi connectivity index (χ1n) is 7.02. The lowest BCUT2D eigenvalue weighted by molar-refractivity contribution is 0.380. The predicted molar refractivity (Wildman–Crippen MR) is 71.0 cm³/mol. The summed E-state index contributed by atoms with van der Waals surface area (Å²) in [5.74, 6) is 8.18. The van der Waals surface area contributed by atoms with Crippen LogP contribution in [0.3, 0.4) is 0 Å². The van der Waals surface area contributed by atoms with Gasteiger partial charge in [0.05, 0.1) is 0 Å². The van der Waals surface area contributed by atoms with Crippen LogP contribution in [0.25, 0.3) is 0 Å². The molecule has 92 valence electrons. The van der Waals surface area contributed by atoms with E-state index in [0.717, 1.165) is 6.42 Å². The van der Waals surface area contributed by atoms with Gasteiger partial charge in [-0.25, -0.2) is 0 Å². The van der Waals surface area contributed by atoms with Gasteiger partial charge in [-0.1, -0.05) is 45.0 Å². The lowest BCUT2D eigenvalue weighted by Crippen LogP contribution is -2.27. The van der Waals surface area contributed by atoms with Crippen LogP contribution in [0.1, 0.15) is 65.2 Å². The minimum atomic E-state index is 0.406. The van der Waals surface area contributed by atoms with E-state index in [9.17, 15) is 0 Å². The zero-order valence-corrected chi connectivity index (χ0v) is 11.0. The zero-order valence-electron chi connectivity index (χ0n) is 11.0. The summed E-state index contributed by atoms with van der Waals surface area (Å²) in [5.41, 5.74) is 5.98. The quantitative estimate of drug-likeness (QED) is 0.719. The van der Waals surface area contributed by atoms with Crippen molar-refractivity contribution in [1.29, 1.82) is 0 Å². The average Bonchev–Trinajstić information content (AvgIpc) is 2.29. The summed E-state index contributed by atoms with van der Waals surface area (Å²) >= 11 is 0. The van der Waals surface area contributed by atoms with Crippen LogP contribution >= 0.6 is 0 Å². The molecule has 1 nitrogen and oxygen atoms in total. The Labute approximate surface area is 101 Å². The molecule has 1 fully saturated rings. The maximum atomic E-state index is 5.98. The van der Waals surface area contributed by atoms with Gasteiger partial charge in [-0.2, -0.15) is 0 Å². The van der Waals surface area contributed by atoms with Crippen molar-refractivity contribution in [2.45, 2.75) is 71.3 Å². The summed E-state index contributed by atoms with van der Waals surface area (Å²) < 4.78 is 0. The topological polar surface area (TPSA) is 26.0 Å². The van der Waals surface area contributed by atoms with Crippen molar-refractivity contribution in [2.24, 2.45) is 17.6 Å². The second-order valence-electron chi connectivity index (χ2n) is 5.16. The molecule has 0 aromatic carbocycles. The first-order valence-corrected chi connectivity index (χ1v) is 7.02. The van der Waals surface area contributed by atoms with Gasteiger partial charge in [0.2, 0.25) is 0 Å². The van der Waals surface area contributed by atoms with Gasteiger partial charge in [-0.05, 0) is 32.1 Å². The molecule has 16 heavy (non-hydrogen) atoms. The fourth-order valence-electron chi connectivity index (χ4n) is 2.42. The molecule has 1 heteroatoms. The molecule has 2 N–H and O–H groups in total. The van der Waals surface area contributed by atoms with Crippen LogP contribution in [0, 0.1) is 23.7 Å². The number of hydrogen-bond acceptors (Lipinski definition) is 1. The third-order valence-corrected chi connectivity index (χ3v) is 3.61. The van der Waals surface area contributed by atoms with Gasteiger partial charge in [0.25, 0.3) is 0 Å². The highest BCUT2D eigenvalue weighted by Crippen LogP contribution is 2.22. The molecule has 1 rings (SSSR count). The number of rotatable bonds is 4. The fourth-order valence-corrected chi connectivity index (χ4v) is 2.42. The first kappa shape index (κ1) is 13.6. The highest BCUT2D eigenvalue weighted by molar-refractivity contribution is 5.08. The number of unbranched alkanes of at least 4 members (excludes halogenated alkanes) is 1. The van der Waals surface area contributed by atoms with Gasteiger partial charge in [0, 0.05) is 17.9 Å². The molecule has 3 unspecified atom stereocenters. The molecule has 3 atom stereocenters. The van der Waals surface area contributed by atoms with E-state index < -0.39 is 0 Å². The average molecular weight is 221 g/mol. The molecule has 0 aromatic heterocycles. The lowest BCUT2D eigenvalue weighted by Gasteiger charge is -2.22. The van der Waals surface area contributed by atoms with Crippen molar-refractivity contribution in [2.75, 3.05) is 0 Å². The summed E-state index contributed by atoms with van der Waals surface area (Å²) in [5, 5.41) is 0. The molecule has 1 saturated carbocycles. The van der Waals surface area contributed by atoms with Crippen LogP contribution in [0.5, 0.6) is 0 Å². The highest BCUT2D eigenvalue weighted by Gasteiger charge is 2.17. The second-order valence-corrected chi connectivity index (χ2v) is 5.16. The van der Waals surface area contributed by atoms with E-state index in [0.29, 0.717) is 17.9 Å². The molecule has 1 aliphatic carbocycles. The Hall–Kier alpha value is -0.480. The number of hydrogen-bond donors (Lipinski definition) is 1. The minimum Gasteiger partial charge on any atom is -0.328 e. The van der Waals surface area contributed by atoms with E-state index in [4.69, 9.17) is 5.73 Å². The zero-order chi connectivity index (χ0) is 11.8. The van der Waals surface area contributed by atoms with Crippen molar-refractivity contribution < 1.29 is 0 Å². The Balaban J connectivity index is 2.37. The smallest absolute Gasteiger partial charge is 0.0217 e. The predicted octanol–water partition coefficient (Wildman–Crippen LogP) is 3.72. The fraction of sp³-hybridized carbons (Fsp3) is 0.867. The molecular weight excluding hydrogens is 194 g/mol. The summed E-state index contributed by atoms with van der Waals surface area (Å²) in [6.45, 7) is 4.50. The Morgan fingerprint density at radius 2 is 2.12 bits per heavy atom. The lowest BCUT2D eigenvalue weighted by atomic mass is 9.86. The Morgan fingerprint density at radius 1 is 1.31 bits per heavy atom. The first-order chi connectivity index (χ1) is 7.76. The molecule has 0 heterocycles. The van der Waals surface area contributed by atoms with Crippen LogP contribution in [-0.4, -0.2) is 6.04 Å². The molecule has 0 radical (unpaired) electrons. The van der Waals surface area contributed by atoms with Crippen molar-refractivity contribution in [1.82, 2.24) is 0 Å². The van der Waals surface area contributed by atoms with E-state index >= 15 is 0 Å². The van der Waals surface area contributed by atoms with Gasteiger partial charge in [-0.3, -0.25) is 0 Å². The van der Waals surface area contributed by atoms with Crippen LogP contribution in [0.4, 0.5) is 0 Å². The van der Waals surface area contributed by atoms with Gasteiger partial charge in [0.1, 0.15) is 0 Å². The Bertz CT molecular complexity index is 236. The van der Waals surface area contributed by atoms with Gasteiger partial charge in [0.15, 0.2) is 0 Å². The second kappa shape index (κ2) is 7.74. The molecule has 0 spiro atoms. The van der Waals surface area contributed by atoms with E-state index in [2.05, 4.69) is 25.7 Å². The van der Waals surface area contributed by atoms with Crippen molar-refractivity contribution >= 4 is 0 Å². The normalized spacial score (nSPS) is 26.9. The molecule has 0 bridgehead atoms. The molecular formula is C15H27N. The molecule has 0 aliphatic heterocycles. The summed E-state index contributed by atoms with van der Waals surface area (Å²) in [7, 11) is 0. The SMILES string of the molecule is CCCCC(C#CC1CCCC(N)C1)CC. The van der Waals surface area contributed by atoms with E-state index in [1.807, 2.05) is 0 Å². The van der Waals surface area contributed by atoms with Crippen LogP contribution in [0.2, 0.25) is 0 Å². The van der Waals surface area contributed by atoms with Gasteiger partial charge in [-0.15, -0.1) is 0 Å². The Kier molecular flexibility index (Phi) is 6.57. The van der Waals surface area contributed by atoms with Crippen LogP contribution in [-0.2, 0) is 0 Å². The summed E-state index contributed by atoms with van der Waals surface area (Å²) in [4.78, 5) is 0. The molecule has 1 aliphatic rings. The monoisotopic (exact) mass is 221 g/mol. The standard InChI is InChI=1S/C15H27N/c1-3-5-7-13(4-2)10-11-14-8-6-9-15(16)12-14/h13-15H,3-9,12,16H2,1-2H3. The molecule has 0 amide bonds. The third kappa shape index (κ3) is 5.03.